The number of Topliss-reactive ketones (excluding diaryl/α,β-unsaturated/α-hetero) is 1. The first-order chi connectivity index (χ1) is 15.2. The topological polar surface area (TPSA) is 77.8 Å². The van der Waals surface area contributed by atoms with Crippen molar-refractivity contribution in [2.24, 2.45) is 0 Å². The molecule has 3 aromatic carbocycles. The Morgan fingerprint density at radius 2 is 1.69 bits per heavy atom. The molecule has 4 rings (SSSR count). The first-order valence-corrected chi connectivity index (χ1v) is 10.6. The fourth-order valence-corrected chi connectivity index (χ4v) is 4.17. The third-order valence-corrected chi connectivity index (χ3v) is 6.20. The standard InChI is InChI=1S/C25H19Cl2NO4/c1-13-6-7-14(2)18(10-13)23(30)21-22(15-4-3-5-17(29)11-15)28(25(32)24(21)31)16-8-9-19(26)20(27)12-16/h3-12,22,29-30H,1-2H3/b23-21+. The van der Waals surface area contributed by atoms with E-state index in [-0.39, 0.29) is 22.1 Å². The molecule has 162 valence electrons. The Morgan fingerprint density at radius 1 is 0.938 bits per heavy atom. The molecule has 1 heterocycles. The second-order valence-electron chi connectivity index (χ2n) is 7.68. The number of aliphatic hydroxyl groups excluding tert-OH is 1. The molecule has 1 aliphatic heterocycles. The van der Waals surface area contributed by atoms with Crippen LogP contribution in [-0.4, -0.2) is 21.9 Å². The first kappa shape index (κ1) is 21.9. The summed E-state index contributed by atoms with van der Waals surface area (Å²) in [6, 6.07) is 15.3. The summed E-state index contributed by atoms with van der Waals surface area (Å²) in [7, 11) is 0. The van der Waals surface area contributed by atoms with Crippen molar-refractivity contribution in [3.05, 3.63) is 98.5 Å². The minimum absolute atomic E-state index is 0.0334. The van der Waals surface area contributed by atoms with Crippen LogP contribution < -0.4 is 4.90 Å². The van der Waals surface area contributed by atoms with Crippen LogP contribution in [0.3, 0.4) is 0 Å². The van der Waals surface area contributed by atoms with Crippen LogP contribution in [0.25, 0.3) is 5.76 Å². The van der Waals surface area contributed by atoms with Crippen LogP contribution in [-0.2, 0) is 9.59 Å². The Bertz CT molecular complexity index is 1300. The van der Waals surface area contributed by atoms with Gasteiger partial charge in [-0.05, 0) is 61.4 Å². The minimum atomic E-state index is -0.973. The van der Waals surface area contributed by atoms with Crippen molar-refractivity contribution in [1.29, 1.82) is 0 Å². The zero-order valence-electron chi connectivity index (χ0n) is 17.3. The largest absolute Gasteiger partial charge is 0.508 e. The van der Waals surface area contributed by atoms with Crippen molar-refractivity contribution in [2.75, 3.05) is 4.90 Å². The van der Waals surface area contributed by atoms with E-state index in [1.165, 1.54) is 29.2 Å². The summed E-state index contributed by atoms with van der Waals surface area (Å²) >= 11 is 12.2. The average Bonchev–Trinajstić information content (AvgIpc) is 3.02. The van der Waals surface area contributed by atoms with Crippen LogP contribution in [0.2, 0.25) is 10.0 Å². The number of amides is 1. The van der Waals surface area contributed by atoms with Gasteiger partial charge in [-0.25, -0.2) is 0 Å². The molecule has 5 nitrogen and oxygen atoms in total. The Morgan fingerprint density at radius 3 is 2.38 bits per heavy atom. The second kappa shape index (κ2) is 8.34. The summed E-state index contributed by atoms with van der Waals surface area (Å²) in [5.74, 6) is -1.96. The molecule has 0 saturated carbocycles. The number of benzene rings is 3. The number of nitrogens with zero attached hydrogens (tertiary/aromatic N) is 1. The third kappa shape index (κ3) is 3.74. The van der Waals surface area contributed by atoms with E-state index < -0.39 is 17.7 Å². The van der Waals surface area contributed by atoms with Gasteiger partial charge >= 0.3 is 0 Å². The molecule has 0 spiro atoms. The summed E-state index contributed by atoms with van der Waals surface area (Å²) in [5, 5.41) is 21.8. The van der Waals surface area contributed by atoms with Crippen LogP contribution in [0, 0.1) is 13.8 Å². The summed E-state index contributed by atoms with van der Waals surface area (Å²) in [4.78, 5) is 27.6. The summed E-state index contributed by atoms with van der Waals surface area (Å²) in [5.41, 5.74) is 2.84. The van der Waals surface area contributed by atoms with Crippen molar-refractivity contribution in [3.8, 4) is 5.75 Å². The molecule has 7 heteroatoms. The van der Waals surface area contributed by atoms with Gasteiger partial charge in [-0.3, -0.25) is 14.5 Å². The predicted molar refractivity (Wildman–Crippen MR) is 125 cm³/mol. The van der Waals surface area contributed by atoms with Crippen LogP contribution in [0.5, 0.6) is 5.75 Å². The quantitative estimate of drug-likeness (QED) is 0.283. The monoisotopic (exact) mass is 467 g/mol. The number of anilines is 1. The number of halogens is 2. The highest BCUT2D eigenvalue weighted by Gasteiger charge is 2.47. The maximum Gasteiger partial charge on any atom is 0.300 e. The second-order valence-corrected chi connectivity index (χ2v) is 8.50. The number of rotatable bonds is 3. The van der Waals surface area contributed by atoms with Gasteiger partial charge < -0.3 is 10.2 Å². The molecule has 1 unspecified atom stereocenters. The molecule has 3 aromatic rings. The molecule has 1 saturated heterocycles. The highest BCUT2D eigenvalue weighted by molar-refractivity contribution is 6.52. The van der Waals surface area contributed by atoms with E-state index >= 15 is 0 Å². The van der Waals surface area contributed by atoms with Gasteiger partial charge in [0.1, 0.15) is 11.5 Å². The van der Waals surface area contributed by atoms with Crippen molar-refractivity contribution in [3.63, 3.8) is 0 Å². The predicted octanol–water partition coefficient (Wildman–Crippen LogP) is 5.94. The molecular weight excluding hydrogens is 449 g/mol. The van der Waals surface area contributed by atoms with Crippen LogP contribution in [0.4, 0.5) is 5.69 Å². The number of hydrogen-bond acceptors (Lipinski definition) is 4. The molecule has 1 aliphatic rings. The number of hydrogen-bond donors (Lipinski definition) is 2. The number of aromatic hydroxyl groups is 1. The zero-order valence-corrected chi connectivity index (χ0v) is 18.8. The van der Waals surface area contributed by atoms with Gasteiger partial charge in [-0.2, -0.15) is 0 Å². The van der Waals surface area contributed by atoms with E-state index in [9.17, 15) is 19.8 Å². The van der Waals surface area contributed by atoms with Gasteiger partial charge in [0, 0.05) is 11.3 Å². The zero-order chi connectivity index (χ0) is 23.2. The molecular formula is C25H19Cl2NO4. The van der Waals surface area contributed by atoms with Crippen LogP contribution in [0.15, 0.2) is 66.2 Å². The van der Waals surface area contributed by atoms with E-state index in [2.05, 4.69) is 0 Å². The summed E-state index contributed by atoms with van der Waals surface area (Å²) < 4.78 is 0. The summed E-state index contributed by atoms with van der Waals surface area (Å²) in [6.45, 7) is 3.68. The molecule has 2 N–H and O–H groups in total. The lowest BCUT2D eigenvalue weighted by atomic mass is 9.93. The van der Waals surface area contributed by atoms with Crippen molar-refractivity contribution in [1.82, 2.24) is 0 Å². The summed E-state index contributed by atoms with van der Waals surface area (Å²) in [6.07, 6.45) is 0. The molecule has 1 atom stereocenters. The van der Waals surface area contributed by atoms with E-state index in [4.69, 9.17) is 23.2 Å². The molecule has 0 aliphatic carbocycles. The van der Waals surface area contributed by atoms with E-state index in [1.54, 1.807) is 24.3 Å². The average molecular weight is 468 g/mol. The van der Waals surface area contributed by atoms with Crippen molar-refractivity contribution >= 4 is 46.3 Å². The van der Waals surface area contributed by atoms with Gasteiger partial charge in [0.05, 0.1) is 21.7 Å². The lowest BCUT2D eigenvalue weighted by Crippen LogP contribution is -2.29. The molecule has 0 aromatic heterocycles. The Hall–Kier alpha value is -3.28. The number of carbonyl (C=O) groups excluding carboxylic acids is 2. The molecule has 32 heavy (non-hydrogen) atoms. The maximum atomic E-state index is 13.2. The van der Waals surface area contributed by atoms with E-state index in [0.29, 0.717) is 21.8 Å². The number of ketones is 1. The van der Waals surface area contributed by atoms with Crippen LogP contribution in [0.1, 0.15) is 28.3 Å². The fraction of sp³-hybridized carbons (Fsp3) is 0.120. The van der Waals surface area contributed by atoms with Gasteiger partial charge in [0.25, 0.3) is 11.7 Å². The third-order valence-electron chi connectivity index (χ3n) is 5.46. The lowest BCUT2D eigenvalue weighted by molar-refractivity contribution is -0.132. The number of aryl methyl sites for hydroxylation is 2. The van der Waals surface area contributed by atoms with E-state index in [1.807, 2.05) is 26.0 Å². The maximum absolute atomic E-state index is 13.2. The van der Waals surface area contributed by atoms with Crippen LogP contribution >= 0.6 is 23.2 Å². The SMILES string of the molecule is Cc1ccc(C)c(/C(O)=C2\C(=O)C(=O)N(c3ccc(Cl)c(Cl)c3)C2c2cccc(O)c2)c1. The Balaban J connectivity index is 2.00. The smallest absolute Gasteiger partial charge is 0.300 e. The number of carbonyl (C=O) groups is 2. The van der Waals surface area contributed by atoms with Crippen molar-refractivity contribution < 1.29 is 19.8 Å². The number of phenolic OH excluding ortho intramolecular Hbond substituents is 1. The first-order valence-electron chi connectivity index (χ1n) is 9.81. The highest BCUT2D eigenvalue weighted by Crippen LogP contribution is 2.44. The van der Waals surface area contributed by atoms with Crippen molar-refractivity contribution in [2.45, 2.75) is 19.9 Å². The number of aliphatic hydroxyl groups is 1. The number of phenols is 1. The lowest BCUT2D eigenvalue weighted by Gasteiger charge is -2.26. The minimum Gasteiger partial charge on any atom is -0.508 e. The van der Waals surface area contributed by atoms with Gasteiger partial charge in [-0.15, -0.1) is 0 Å². The molecule has 1 fully saturated rings. The fourth-order valence-electron chi connectivity index (χ4n) is 3.88. The van der Waals surface area contributed by atoms with Gasteiger partial charge in [0.15, 0.2) is 0 Å². The molecule has 0 radical (unpaired) electrons. The highest BCUT2D eigenvalue weighted by atomic mass is 35.5. The van der Waals surface area contributed by atoms with Gasteiger partial charge in [0.2, 0.25) is 0 Å². The van der Waals surface area contributed by atoms with E-state index in [0.717, 1.165) is 11.1 Å². The Labute approximate surface area is 195 Å². The molecule has 1 amide bonds. The molecule has 0 bridgehead atoms. The normalized spacial score (nSPS) is 17.8. The van der Waals surface area contributed by atoms with Gasteiger partial charge in [-0.1, -0.05) is 53.0 Å². The Kier molecular flexibility index (Phi) is 5.71.